The SMILES string of the molecule is C=CC(=O)C#CC#CC[C@@H]1OC(C)(C)O[C@H]1CCCCCCC. The maximum absolute atomic E-state index is 11.0. The zero-order chi connectivity index (χ0) is 17.1. The molecule has 0 aliphatic carbocycles. The van der Waals surface area contributed by atoms with E-state index in [4.69, 9.17) is 9.47 Å². The molecule has 0 aromatic rings. The van der Waals surface area contributed by atoms with Crippen LogP contribution in [0, 0.1) is 23.7 Å². The fraction of sp³-hybridized carbons (Fsp3) is 0.650. The molecule has 1 heterocycles. The van der Waals surface area contributed by atoms with Gasteiger partial charge >= 0.3 is 0 Å². The van der Waals surface area contributed by atoms with E-state index < -0.39 is 5.79 Å². The molecule has 0 N–H and O–H groups in total. The molecule has 23 heavy (non-hydrogen) atoms. The van der Waals surface area contributed by atoms with E-state index >= 15 is 0 Å². The quantitative estimate of drug-likeness (QED) is 0.294. The third kappa shape index (κ3) is 8.03. The summed E-state index contributed by atoms with van der Waals surface area (Å²) < 4.78 is 11.9. The smallest absolute Gasteiger partial charge is 0.229 e. The monoisotopic (exact) mass is 316 g/mol. The molecule has 0 radical (unpaired) electrons. The van der Waals surface area contributed by atoms with Crippen molar-refractivity contribution in [1.82, 2.24) is 0 Å². The standard InChI is InChI=1S/C20H28O3/c1-5-7-8-9-12-15-18-19(23-20(3,4)22-18)16-13-10-11-14-17(21)6-2/h6,18-19H,2,5,7-9,12,15-16H2,1,3-4H3/t18-,19-/m0/s1. The minimum absolute atomic E-state index is 0.0272. The molecule has 126 valence electrons. The van der Waals surface area contributed by atoms with Crippen LogP contribution in [-0.2, 0) is 14.3 Å². The van der Waals surface area contributed by atoms with Crippen molar-refractivity contribution >= 4 is 5.78 Å². The second-order valence-electron chi connectivity index (χ2n) is 6.24. The average Bonchev–Trinajstić information content (AvgIpc) is 2.80. The summed E-state index contributed by atoms with van der Waals surface area (Å²) in [4.78, 5) is 11.0. The second kappa shape index (κ2) is 10.3. The van der Waals surface area contributed by atoms with E-state index in [0.717, 1.165) is 12.8 Å². The van der Waals surface area contributed by atoms with E-state index in [2.05, 4.69) is 37.2 Å². The van der Waals surface area contributed by atoms with Crippen molar-refractivity contribution < 1.29 is 14.3 Å². The highest BCUT2D eigenvalue weighted by atomic mass is 16.7. The molecule has 2 atom stereocenters. The lowest BCUT2D eigenvalue weighted by Gasteiger charge is -2.16. The first-order valence-electron chi connectivity index (χ1n) is 8.49. The van der Waals surface area contributed by atoms with Crippen molar-refractivity contribution in [3.8, 4) is 23.7 Å². The zero-order valence-corrected chi connectivity index (χ0v) is 14.6. The Labute approximate surface area is 140 Å². The van der Waals surface area contributed by atoms with Crippen LogP contribution in [0.3, 0.4) is 0 Å². The van der Waals surface area contributed by atoms with E-state index in [9.17, 15) is 4.79 Å². The highest BCUT2D eigenvalue weighted by Gasteiger charge is 2.40. The van der Waals surface area contributed by atoms with Gasteiger partial charge in [-0.25, -0.2) is 0 Å². The molecule has 3 heteroatoms. The van der Waals surface area contributed by atoms with Crippen LogP contribution in [0.4, 0.5) is 0 Å². The maximum Gasteiger partial charge on any atom is 0.229 e. The summed E-state index contributed by atoms with van der Waals surface area (Å²) in [5.74, 6) is 9.72. The second-order valence-corrected chi connectivity index (χ2v) is 6.24. The molecule has 3 nitrogen and oxygen atoms in total. The number of rotatable bonds is 8. The topological polar surface area (TPSA) is 35.5 Å². The fourth-order valence-electron chi connectivity index (χ4n) is 2.62. The van der Waals surface area contributed by atoms with Gasteiger partial charge in [0.1, 0.15) is 0 Å². The number of unbranched alkanes of at least 4 members (excludes halogenated alkanes) is 4. The molecule has 0 saturated carbocycles. The van der Waals surface area contributed by atoms with Crippen molar-refractivity contribution in [2.45, 2.75) is 83.7 Å². The lowest BCUT2D eigenvalue weighted by Crippen LogP contribution is -2.21. The highest BCUT2D eigenvalue weighted by Crippen LogP contribution is 2.32. The summed E-state index contributed by atoms with van der Waals surface area (Å²) in [5.41, 5.74) is 0. The van der Waals surface area contributed by atoms with Crippen LogP contribution in [-0.4, -0.2) is 23.8 Å². The largest absolute Gasteiger partial charge is 0.345 e. The number of allylic oxidation sites excluding steroid dienone is 1. The number of carbonyl (C=O) groups is 1. The number of ketones is 1. The predicted molar refractivity (Wildman–Crippen MR) is 92.6 cm³/mol. The van der Waals surface area contributed by atoms with Crippen molar-refractivity contribution in [1.29, 1.82) is 0 Å². The molecule has 1 fully saturated rings. The van der Waals surface area contributed by atoms with Crippen LogP contribution in [0.5, 0.6) is 0 Å². The fourth-order valence-corrected chi connectivity index (χ4v) is 2.62. The number of hydrogen-bond acceptors (Lipinski definition) is 3. The molecule has 0 aromatic heterocycles. The van der Waals surface area contributed by atoms with Crippen LogP contribution >= 0.6 is 0 Å². The summed E-state index contributed by atoms with van der Waals surface area (Å²) in [7, 11) is 0. The zero-order valence-electron chi connectivity index (χ0n) is 14.6. The van der Waals surface area contributed by atoms with Gasteiger partial charge in [0.05, 0.1) is 12.2 Å². The van der Waals surface area contributed by atoms with Crippen LogP contribution < -0.4 is 0 Å². The first kappa shape index (κ1) is 19.5. The first-order chi connectivity index (χ1) is 11.0. The minimum atomic E-state index is -0.551. The average molecular weight is 316 g/mol. The van der Waals surface area contributed by atoms with Crippen LogP contribution in [0.25, 0.3) is 0 Å². The molecule has 0 spiro atoms. The van der Waals surface area contributed by atoms with Gasteiger partial charge in [0, 0.05) is 6.42 Å². The Balaban J connectivity index is 2.46. The third-order valence-corrected chi connectivity index (χ3v) is 3.70. The van der Waals surface area contributed by atoms with Crippen LogP contribution in [0.2, 0.25) is 0 Å². The Bertz CT molecular complexity index is 510. The summed E-state index contributed by atoms with van der Waals surface area (Å²) >= 11 is 0. The normalized spacial score (nSPS) is 21.7. The Kier molecular flexibility index (Phi) is 8.70. The van der Waals surface area contributed by atoms with Crippen molar-refractivity contribution in [2.24, 2.45) is 0 Å². The van der Waals surface area contributed by atoms with Gasteiger partial charge in [0.2, 0.25) is 5.78 Å². The first-order valence-corrected chi connectivity index (χ1v) is 8.49. The van der Waals surface area contributed by atoms with Gasteiger partial charge in [0.25, 0.3) is 0 Å². The molecule has 0 unspecified atom stereocenters. The minimum Gasteiger partial charge on any atom is -0.345 e. The summed E-state index contributed by atoms with van der Waals surface area (Å²) in [6.07, 6.45) is 9.03. The van der Waals surface area contributed by atoms with Gasteiger partial charge in [-0.15, -0.1) is 0 Å². The molecule has 0 bridgehead atoms. The van der Waals surface area contributed by atoms with Crippen molar-refractivity contribution in [2.75, 3.05) is 0 Å². The van der Waals surface area contributed by atoms with E-state index in [1.807, 2.05) is 13.8 Å². The molecular formula is C20H28O3. The van der Waals surface area contributed by atoms with E-state index in [0.29, 0.717) is 6.42 Å². The lowest BCUT2D eigenvalue weighted by atomic mass is 10.0. The van der Waals surface area contributed by atoms with E-state index in [1.54, 1.807) is 0 Å². The van der Waals surface area contributed by atoms with Gasteiger partial charge in [-0.3, -0.25) is 4.79 Å². The van der Waals surface area contributed by atoms with Gasteiger partial charge in [-0.2, -0.15) is 0 Å². The maximum atomic E-state index is 11.0. The highest BCUT2D eigenvalue weighted by molar-refractivity contribution is 6.04. The Morgan fingerprint density at radius 3 is 2.52 bits per heavy atom. The number of hydrogen-bond donors (Lipinski definition) is 0. The van der Waals surface area contributed by atoms with E-state index in [1.165, 1.54) is 31.8 Å². The predicted octanol–water partition coefficient (Wildman–Crippen LogP) is 4.02. The number of carbonyl (C=O) groups excluding carboxylic acids is 1. The molecule has 1 aliphatic heterocycles. The van der Waals surface area contributed by atoms with E-state index in [-0.39, 0.29) is 18.0 Å². The van der Waals surface area contributed by atoms with Crippen LogP contribution in [0.15, 0.2) is 12.7 Å². The third-order valence-electron chi connectivity index (χ3n) is 3.70. The molecule has 1 aliphatic rings. The van der Waals surface area contributed by atoms with Crippen molar-refractivity contribution in [3.05, 3.63) is 12.7 Å². The van der Waals surface area contributed by atoms with Gasteiger partial charge in [-0.1, -0.05) is 51.5 Å². The Morgan fingerprint density at radius 1 is 1.13 bits per heavy atom. The molecule has 0 aromatic carbocycles. The Hall–Kier alpha value is -1.55. The van der Waals surface area contributed by atoms with Gasteiger partial charge in [0.15, 0.2) is 5.79 Å². The summed E-state index contributed by atoms with van der Waals surface area (Å²) in [5, 5.41) is 0. The summed E-state index contributed by atoms with van der Waals surface area (Å²) in [6.45, 7) is 9.45. The molecule has 1 saturated heterocycles. The molecular weight excluding hydrogens is 288 g/mol. The van der Waals surface area contributed by atoms with Gasteiger partial charge in [-0.05, 0) is 44.1 Å². The Morgan fingerprint density at radius 2 is 1.83 bits per heavy atom. The van der Waals surface area contributed by atoms with Crippen LogP contribution in [0.1, 0.15) is 65.7 Å². The summed E-state index contributed by atoms with van der Waals surface area (Å²) in [6, 6.07) is 0. The van der Waals surface area contributed by atoms with Gasteiger partial charge < -0.3 is 9.47 Å². The molecule has 0 amide bonds. The lowest BCUT2D eigenvalue weighted by molar-refractivity contribution is -0.146. The van der Waals surface area contributed by atoms with Crippen molar-refractivity contribution in [3.63, 3.8) is 0 Å². The molecule has 1 rings (SSSR count). The number of ether oxygens (including phenoxy) is 2.